The molecule has 22 heavy (non-hydrogen) atoms. The number of ether oxygens (including phenoxy) is 1. The summed E-state index contributed by atoms with van der Waals surface area (Å²) in [5.41, 5.74) is -0.513. The molecule has 1 fully saturated rings. The minimum absolute atomic E-state index is 0.0327. The standard InChI is InChI=1S/C16H31N3O3/c1-16(2,3)22-15(21)18-10-8-14(20)17-9-7-13-19-11-5-4-6-12-19/h4-13H2,1-3H3,(H,17,20)(H,18,21). The van der Waals surface area contributed by atoms with Gasteiger partial charge in [0.25, 0.3) is 0 Å². The van der Waals surface area contributed by atoms with Crippen molar-refractivity contribution in [2.45, 2.75) is 58.5 Å². The minimum Gasteiger partial charge on any atom is -0.444 e. The average molecular weight is 313 g/mol. The number of nitrogens with zero attached hydrogens (tertiary/aromatic N) is 1. The van der Waals surface area contributed by atoms with E-state index in [-0.39, 0.29) is 12.3 Å². The Morgan fingerprint density at radius 3 is 2.36 bits per heavy atom. The number of rotatable bonds is 7. The molecule has 0 saturated carbocycles. The number of alkyl carbamates (subject to hydrolysis) is 1. The molecule has 1 rings (SSSR count). The number of hydrogen-bond acceptors (Lipinski definition) is 4. The fourth-order valence-electron chi connectivity index (χ4n) is 2.39. The summed E-state index contributed by atoms with van der Waals surface area (Å²) < 4.78 is 5.10. The van der Waals surface area contributed by atoms with Crippen LogP contribution in [0, 0.1) is 0 Å². The summed E-state index contributed by atoms with van der Waals surface area (Å²) >= 11 is 0. The molecule has 0 aliphatic carbocycles. The van der Waals surface area contributed by atoms with Gasteiger partial charge in [-0.05, 0) is 59.7 Å². The van der Waals surface area contributed by atoms with Crippen LogP contribution in [0.2, 0.25) is 0 Å². The fourth-order valence-corrected chi connectivity index (χ4v) is 2.39. The molecule has 2 amide bonds. The second kappa shape index (κ2) is 9.66. The van der Waals surface area contributed by atoms with Crippen LogP contribution in [0.5, 0.6) is 0 Å². The predicted molar refractivity (Wildman–Crippen MR) is 86.8 cm³/mol. The summed E-state index contributed by atoms with van der Waals surface area (Å²) in [6, 6.07) is 0. The van der Waals surface area contributed by atoms with Crippen molar-refractivity contribution < 1.29 is 14.3 Å². The van der Waals surface area contributed by atoms with Crippen molar-refractivity contribution in [3.05, 3.63) is 0 Å². The van der Waals surface area contributed by atoms with E-state index < -0.39 is 11.7 Å². The molecule has 1 aliphatic rings. The van der Waals surface area contributed by atoms with Crippen LogP contribution in [-0.2, 0) is 9.53 Å². The van der Waals surface area contributed by atoms with Crippen molar-refractivity contribution in [3.63, 3.8) is 0 Å². The predicted octanol–water partition coefficient (Wildman–Crippen LogP) is 1.89. The normalized spacial score (nSPS) is 16.1. The van der Waals surface area contributed by atoms with Gasteiger partial charge in [0.2, 0.25) is 5.91 Å². The molecular weight excluding hydrogens is 282 g/mol. The van der Waals surface area contributed by atoms with Crippen molar-refractivity contribution >= 4 is 12.0 Å². The lowest BCUT2D eigenvalue weighted by Gasteiger charge is -2.26. The number of amides is 2. The monoisotopic (exact) mass is 313 g/mol. The maximum Gasteiger partial charge on any atom is 0.407 e. The lowest BCUT2D eigenvalue weighted by molar-refractivity contribution is -0.120. The Hall–Kier alpha value is -1.30. The van der Waals surface area contributed by atoms with Gasteiger partial charge < -0.3 is 20.3 Å². The molecule has 1 heterocycles. The molecule has 0 bridgehead atoms. The number of piperidine rings is 1. The van der Waals surface area contributed by atoms with E-state index in [4.69, 9.17) is 4.74 Å². The molecule has 0 aromatic heterocycles. The van der Waals surface area contributed by atoms with Gasteiger partial charge in [-0.1, -0.05) is 6.42 Å². The molecule has 6 heteroatoms. The molecule has 0 spiro atoms. The van der Waals surface area contributed by atoms with Crippen LogP contribution in [0.1, 0.15) is 52.9 Å². The van der Waals surface area contributed by atoms with Gasteiger partial charge in [0.05, 0.1) is 0 Å². The SMILES string of the molecule is CC(C)(C)OC(=O)NCCC(=O)NCCCN1CCCCC1. The van der Waals surface area contributed by atoms with E-state index in [0.29, 0.717) is 13.1 Å². The number of carbonyl (C=O) groups excluding carboxylic acids is 2. The van der Waals surface area contributed by atoms with E-state index in [1.54, 1.807) is 0 Å². The minimum atomic E-state index is -0.513. The summed E-state index contributed by atoms with van der Waals surface area (Å²) in [5, 5.41) is 5.47. The molecule has 0 aromatic rings. The van der Waals surface area contributed by atoms with Crippen LogP contribution in [-0.4, -0.2) is 55.2 Å². The maximum absolute atomic E-state index is 11.6. The molecule has 0 aromatic carbocycles. The van der Waals surface area contributed by atoms with E-state index in [1.807, 2.05) is 20.8 Å². The van der Waals surface area contributed by atoms with Crippen LogP contribution in [0.15, 0.2) is 0 Å². The molecular formula is C16H31N3O3. The molecule has 1 saturated heterocycles. The molecule has 128 valence electrons. The largest absolute Gasteiger partial charge is 0.444 e. The highest BCUT2D eigenvalue weighted by atomic mass is 16.6. The van der Waals surface area contributed by atoms with E-state index >= 15 is 0 Å². The lowest BCUT2D eigenvalue weighted by atomic mass is 10.1. The van der Waals surface area contributed by atoms with Crippen molar-refractivity contribution in [2.24, 2.45) is 0 Å². The first-order chi connectivity index (χ1) is 10.4. The molecule has 0 unspecified atom stereocenters. The average Bonchev–Trinajstić information content (AvgIpc) is 2.43. The van der Waals surface area contributed by atoms with Crippen molar-refractivity contribution in [1.29, 1.82) is 0 Å². The summed E-state index contributed by atoms with van der Waals surface area (Å²) in [5.74, 6) is -0.0327. The summed E-state index contributed by atoms with van der Waals surface area (Å²) in [6.45, 7) is 9.84. The first kappa shape index (κ1) is 18.7. The third-order valence-corrected chi connectivity index (χ3v) is 3.44. The van der Waals surface area contributed by atoms with Gasteiger partial charge in [0.1, 0.15) is 5.60 Å². The Balaban J connectivity index is 1.98. The highest BCUT2D eigenvalue weighted by molar-refractivity contribution is 5.76. The van der Waals surface area contributed by atoms with Gasteiger partial charge in [0.15, 0.2) is 0 Å². The smallest absolute Gasteiger partial charge is 0.407 e. The van der Waals surface area contributed by atoms with Crippen LogP contribution < -0.4 is 10.6 Å². The van der Waals surface area contributed by atoms with Crippen LogP contribution in [0.4, 0.5) is 4.79 Å². The Morgan fingerprint density at radius 1 is 1.05 bits per heavy atom. The fraction of sp³-hybridized carbons (Fsp3) is 0.875. The molecule has 0 radical (unpaired) electrons. The highest BCUT2D eigenvalue weighted by Crippen LogP contribution is 2.08. The van der Waals surface area contributed by atoms with Gasteiger partial charge >= 0.3 is 6.09 Å². The Kier molecular flexibility index (Phi) is 8.24. The number of carbonyl (C=O) groups is 2. The molecule has 0 atom stereocenters. The number of nitrogens with one attached hydrogen (secondary N) is 2. The second-order valence-electron chi connectivity index (χ2n) is 6.78. The summed E-state index contributed by atoms with van der Waals surface area (Å²) in [6.07, 6.45) is 4.71. The quantitative estimate of drug-likeness (QED) is 0.704. The van der Waals surface area contributed by atoms with E-state index in [2.05, 4.69) is 15.5 Å². The van der Waals surface area contributed by atoms with Crippen LogP contribution in [0.25, 0.3) is 0 Å². The van der Waals surface area contributed by atoms with Crippen LogP contribution in [0.3, 0.4) is 0 Å². The van der Waals surface area contributed by atoms with Crippen molar-refractivity contribution in [2.75, 3.05) is 32.7 Å². The van der Waals surface area contributed by atoms with E-state index in [9.17, 15) is 9.59 Å². The first-order valence-corrected chi connectivity index (χ1v) is 8.33. The van der Waals surface area contributed by atoms with Crippen LogP contribution >= 0.6 is 0 Å². The van der Waals surface area contributed by atoms with Crippen molar-refractivity contribution in [3.8, 4) is 0 Å². The van der Waals surface area contributed by atoms with Crippen molar-refractivity contribution in [1.82, 2.24) is 15.5 Å². The number of likely N-dealkylation sites (tertiary alicyclic amines) is 1. The second-order valence-corrected chi connectivity index (χ2v) is 6.78. The Morgan fingerprint density at radius 2 is 1.73 bits per heavy atom. The van der Waals surface area contributed by atoms with Gasteiger partial charge in [-0.2, -0.15) is 0 Å². The zero-order chi connectivity index (χ0) is 16.4. The molecule has 2 N–H and O–H groups in total. The Labute approximate surface area is 134 Å². The zero-order valence-electron chi connectivity index (χ0n) is 14.2. The maximum atomic E-state index is 11.6. The third-order valence-electron chi connectivity index (χ3n) is 3.44. The van der Waals surface area contributed by atoms with Gasteiger partial charge in [-0.15, -0.1) is 0 Å². The molecule has 6 nitrogen and oxygen atoms in total. The van der Waals surface area contributed by atoms with Gasteiger partial charge in [-0.3, -0.25) is 4.79 Å². The molecule has 1 aliphatic heterocycles. The lowest BCUT2D eigenvalue weighted by Crippen LogP contribution is -2.36. The topological polar surface area (TPSA) is 70.7 Å². The van der Waals surface area contributed by atoms with Gasteiger partial charge in [-0.25, -0.2) is 4.79 Å². The number of hydrogen-bond donors (Lipinski definition) is 2. The summed E-state index contributed by atoms with van der Waals surface area (Å²) in [7, 11) is 0. The summed E-state index contributed by atoms with van der Waals surface area (Å²) in [4.78, 5) is 25.5. The van der Waals surface area contributed by atoms with Gasteiger partial charge in [0, 0.05) is 19.5 Å². The van der Waals surface area contributed by atoms with E-state index in [1.165, 1.54) is 32.4 Å². The zero-order valence-corrected chi connectivity index (χ0v) is 14.2. The Bertz CT molecular complexity index is 347. The third kappa shape index (κ3) is 9.60. The first-order valence-electron chi connectivity index (χ1n) is 8.33. The van der Waals surface area contributed by atoms with E-state index in [0.717, 1.165) is 13.0 Å². The highest BCUT2D eigenvalue weighted by Gasteiger charge is 2.15.